The van der Waals surface area contributed by atoms with Gasteiger partial charge in [-0.1, -0.05) is 0 Å². The largest absolute Gasteiger partial charge is 0.385 e. The van der Waals surface area contributed by atoms with Gasteiger partial charge in [-0.15, -0.1) is 0 Å². The van der Waals surface area contributed by atoms with Gasteiger partial charge in [0.25, 0.3) is 5.91 Å². The first-order valence-corrected chi connectivity index (χ1v) is 7.12. The highest BCUT2D eigenvalue weighted by molar-refractivity contribution is 5.95. The number of nitrogens with one attached hydrogen (secondary N) is 1. The fourth-order valence-electron chi connectivity index (χ4n) is 2.10. The molecule has 1 aromatic carbocycles. The minimum absolute atomic E-state index is 0.147. The quantitative estimate of drug-likeness (QED) is 0.835. The summed E-state index contributed by atoms with van der Waals surface area (Å²) in [5.74, 6) is -0.431. The minimum atomic E-state index is -0.285. The standard InChI is InChI=1S/C17H19FN2O2/c1-12-15(17(21)19-10-3-11-22-2)8-9-16(20-12)13-4-6-14(18)7-5-13/h4-9H,3,10-11H2,1-2H3,(H,19,21). The van der Waals surface area contributed by atoms with Crippen molar-refractivity contribution in [2.75, 3.05) is 20.3 Å². The number of halogens is 1. The molecule has 0 saturated heterocycles. The summed E-state index contributed by atoms with van der Waals surface area (Å²) in [6, 6.07) is 9.63. The molecule has 0 radical (unpaired) electrons. The molecule has 1 aromatic heterocycles. The van der Waals surface area contributed by atoms with Crippen LogP contribution in [0.1, 0.15) is 22.5 Å². The van der Waals surface area contributed by atoms with E-state index in [4.69, 9.17) is 4.74 Å². The fraction of sp³-hybridized carbons (Fsp3) is 0.294. The van der Waals surface area contributed by atoms with Gasteiger partial charge in [0.1, 0.15) is 5.82 Å². The number of ether oxygens (including phenoxy) is 1. The molecule has 0 aliphatic carbocycles. The van der Waals surface area contributed by atoms with E-state index < -0.39 is 0 Å². The normalized spacial score (nSPS) is 10.5. The summed E-state index contributed by atoms with van der Waals surface area (Å²) >= 11 is 0. The van der Waals surface area contributed by atoms with Crippen LogP contribution < -0.4 is 5.32 Å². The summed E-state index contributed by atoms with van der Waals surface area (Å²) in [5.41, 5.74) is 2.72. The SMILES string of the molecule is COCCCNC(=O)c1ccc(-c2ccc(F)cc2)nc1C. The van der Waals surface area contributed by atoms with Gasteiger partial charge in [0.15, 0.2) is 0 Å². The lowest BCUT2D eigenvalue weighted by Gasteiger charge is -2.09. The highest BCUT2D eigenvalue weighted by Gasteiger charge is 2.11. The Morgan fingerprint density at radius 2 is 1.95 bits per heavy atom. The number of carbonyl (C=O) groups is 1. The van der Waals surface area contributed by atoms with E-state index in [9.17, 15) is 9.18 Å². The van der Waals surface area contributed by atoms with Gasteiger partial charge in [-0.3, -0.25) is 9.78 Å². The highest BCUT2D eigenvalue weighted by Crippen LogP contribution is 2.19. The average Bonchev–Trinajstić information content (AvgIpc) is 2.52. The zero-order valence-electron chi connectivity index (χ0n) is 12.7. The van der Waals surface area contributed by atoms with E-state index in [0.29, 0.717) is 30.1 Å². The lowest BCUT2D eigenvalue weighted by Crippen LogP contribution is -2.26. The number of hydrogen-bond acceptors (Lipinski definition) is 3. The third kappa shape index (κ3) is 4.11. The van der Waals surface area contributed by atoms with Crippen LogP contribution in [0.2, 0.25) is 0 Å². The van der Waals surface area contributed by atoms with Crippen LogP contribution in [0.3, 0.4) is 0 Å². The third-order valence-electron chi connectivity index (χ3n) is 3.28. The molecule has 0 bridgehead atoms. The van der Waals surface area contributed by atoms with Crippen LogP contribution in [0.25, 0.3) is 11.3 Å². The predicted molar refractivity (Wildman–Crippen MR) is 83.2 cm³/mol. The van der Waals surface area contributed by atoms with Gasteiger partial charge in [0.05, 0.1) is 17.0 Å². The van der Waals surface area contributed by atoms with Crippen molar-refractivity contribution >= 4 is 5.91 Å². The molecule has 0 aliphatic heterocycles. The van der Waals surface area contributed by atoms with Gasteiger partial charge in [-0.2, -0.15) is 0 Å². The van der Waals surface area contributed by atoms with Gasteiger partial charge < -0.3 is 10.1 Å². The average molecular weight is 302 g/mol. The predicted octanol–water partition coefficient (Wildman–Crippen LogP) is 2.96. The highest BCUT2D eigenvalue weighted by atomic mass is 19.1. The number of nitrogens with zero attached hydrogens (tertiary/aromatic N) is 1. The Hall–Kier alpha value is -2.27. The number of pyridine rings is 1. The van der Waals surface area contributed by atoms with Gasteiger partial charge in [0, 0.05) is 25.8 Å². The molecule has 4 nitrogen and oxygen atoms in total. The minimum Gasteiger partial charge on any atom is -0.385 e. The Morgan fingerprint density at radius 3 is 2.59 bits per heavy atom. The summed E-state index contributed by atoms with van der Waals surface area (Å²) in [5, 5.41) is 2.83. The first kappa shape index (κ1) is 16.1. The van der Waals surface area contributed by atoms with E-state index in [2.05, 4.69) is 10.3 Å². The molecule has 2 rings (SSSR count). The second-order valence-electron chi connectivity index (χ2n) is 4.94. The Morgan fingerprint density at radius 1 is 1.23 bits per heavy atom. The molecule has 0 spiro atoms. The first-order valence-electron chi connectivity index (χ1n) is 7.12. The molecule has 1 heterocycles. The second-order valence-corrected chi connectivity index (χ2v) is 4.94. The van der Waals surface area contributed by atoms with E-state index >= 15 is 0 Å². The molecule has 1 amide bonds. The van der Waals surface area contributed by atoms with Crippen LogP contribution in [-0.2, 0) is 4.74 Å². The van der Waals surface area contributed by atoms with E-state index in [1.54, 1.807) is 38.3 Å². The summed E-state index contributed by atoms with van der Waals surface area (Å²) in [4.78, 5) is 16.5. The lowest BCUT2D eigenvalue weighted by molar-refractivity contribution is 0.0947. The van der Waals surface area contributed by atoms with E-state index in [0.717, 1.165) is 12.0 Å². The monoisotopic (exact) mass is 302 g/mol. The Kier molecular flexibility index (Phi) is 5.61. The number of aryl methyl sites for hydroxylation is 1. The number of benzene rings is 1. The maximum absolute atomic E-state index is 12.9. The molecule has 5 heteroatoms. The van der Waals surface area contributed by atoms with Gasteiger partial charge in [-0.25, -0.2) is 4.39 Å². The number of amides is 1. The van der Waals surface area contributed by atoms with Crippen LogP contribution in [-0.4, -0.2) is 31.2 Å². The number of methoxy groups -OCH3 is 1. The van der Waals surface area contributed by atoms with Crippen molar-refractivity contribution in [3.05, 3.63) is 53.5 Å². The molecule has 0 atom stereocenters. The van der Waals surface area contributed by atoms with Crippen LogP contribution in [0, 0.1) is 12.7 Å². The van der Waals surface area contributed by atoms with Crippen LogP contribution in [0.5, 0.6) is 0 Å². The second kappa shape index (κ2) is 7.66. The molecule has 1 N–H and O–H groups in total. The smallest absolute Gasteiger partial charge is 0.253 e. The number of rotatable bonds is 6. The van der Waals surface area contributed by atoms with Crippen molar-refractivity contribution in [1.29, 1.82) is 0 Å². The summed E-state index contributed by atoms with van der Waals surface area (Å²) in [6.45, 7) is 2.96. The zero-order valence-corrected chi connectivity index (χ0v) is 12.7. The van der Waals surface area contributed by atoms with Crippen LogP contribution >= 0.6 is 0 Å². The molecule has 22 heavy (non-hydrogen) atoms. The molecule has 0 aliphatic rings. The maximum atomic E-state index is 12.9. The Bertz CT molecular complexity index is 642. The Labute approximate surface area is 129 Å². The number of carbonyl (C=O) groups excluding carboxylic acids is 1. The van der Waals surface area contributed by atoms with Crippen molar-refractivity contribution in [2.24, 2.45) is 0 Å². The molecule has 116 valence electrons. The van der Waals surface area contributed by atoms with Crippen LogP contribution in [0.15, 0.2) is 36.4 Å². The van der Waals surface area contributed by atoms with Crippen LogP contribution in [0.4, 0.5) is 4.39 Å². The van der Waals surface area contributed by atoms with Crippen molar-refractivity contribution in [3.63, 3.8) is 0 Å². The van der Waals surface area contributed by atoms with Gasteiger partial charge >= 0.3 is 0 Å². The number of aromatic nitrogens is 1. The fourth-order valence-corrected chi connectivity index (χ4v) is 2.10. The zero-order chi connectivity index (χ0) is 15.9. The van der Waals surface area contributed by atoms with Crippen molar-refractivity contribution < 1.29 is 13.9 Å². The third-order valence-corrected chi connectivity index (χ3v) is 3.28. The van der Waals surface area contributed by atoms with Gasteiger partial charge in [0.2, 0.25) is 0 Å². The van der Waals surface area contributed by atoms with Crippen molar-refractivity contribution in [2.45, 2.75) is 13.3 Å². The van der Waals surface area contributed by atoms with Gasteiger partial charge in [-0.05, 0) is 49.7 Å². The molecule has 0 unspecified atom stereocenters. The molecule has 0 fully saturated rings. The Balaban J connectivity index is 2.09. The summed E-state index contributed by atoms with van der Waals surface area (Å²) < 4.78 is 17.9. The molecule has 0 saturated carbocycles. The van der Waals surface area contributed by atoms with Crippen molar-refractivity contribution in [1.82, 2.24) is 10.3 Å². The first-order chi connectivity index (χ1) is 10.6. The summed E-state index contributed by atoms with van der Waals surface area (Å²) in [7, 11) is 1.63. The number of hydrogen-bond donors (Lipinski definition) is 1. The molecular weight excluding hydrogens is 283 g/mol. The van der Waals surface area contributed by atoms with E-state index in [-0.39, 0.29) is 11.7 Å². The topological polar surface area (TPSA) is 51.2 Å². The summed E-state index contributed by atoms with van der Waals surface area (Å²) in [6.07, 6.45) is 0.766. The molecular formula is C17H19FN2O2. The molecule has 2 aromatic rings. The van der Waals surface area contributed by atoms with E-state index in [1.807, 2.05) is 0 Å². The van der Waals surface area contributed by atoms with E-state index in [1.165, 1.54) is 12.1 Å². The van der Waals surface area contributed by atoms with Crippen molar-refractivity contribution in [3.8, 4) is 11.3 Å². The maximum Gasteiger partial charge on any atom is 0.253 e. The lowest BCUT2D eigenvalue weighted by atomic mass is 10.1.